The smallest absolute Gasteiger partial charge is 0.236 e. The third-order valence-electron chi connectivity index (χ3n) is 3.70. The van der Waals surface area contributed by atoms with Gasteiger partial charge >= 0.3 is 0 Å². The Labute approximate surface area is 114 Å². The van der Waals surface area contributed by atoms with Crippen LogP contribution in [0.1, 0.15) is 12.5 Å². The van der Waals surface area contributed by atoms with Crippen molar-refractivity contribution in [2.24, 2.45) is 0 Å². The van der Waals surface area contributed by atoms with Gasteiger partial charge in [0.15, 0.2) is 0 Å². The van der Waals surface area contributed by atoms with Crippen LogP contribution >= 0.6 is 0 Å². The molecule has 1 aliphatic rings. The summed E-state index contributed by atoms with van der Waals surface area (Å²) in [6.45, 7) is 8.51. The van der Waals surface area contributed by atoms with E-state index in [0.29, 0.717) is 13.1 Å². The minimum Gasteiger partial charge on any atom is -0.472 e. The summed E-state index contributed by atoms with van der Waals surface area (Å²) in [6, 6.07) is 1.89. The zero-order valence-electron chi connectivity index (χ0n) is 11.8. The van der Waals surface area contributed by atoms with Crippen molar-refractivity contribution in [2.45, 2.75) is 13.5 Å². The Balaban J connectivity index is 1.74. The topological polar surface area (TPSA) is 39.9 Å². The predicted octanol–water partition coefficient (Wildman–Crippen LogP) is 0.875. The van der Waals surface area contributed by atoms with Crippen LogP contribution in [0.5, 0.6) is 0 Å². The fourth-order valence-corrected chi connectivity index (χ4v) is 2.32. The van der Waals surface area contributed by atoms with Crippen molar-refractivity contribution in [2.75, 3.05) is 46.3 Å². The second-order valence-electron chi connectivity index (χ2n) is 5.09. The highest BCUT2D eigenvalue weighted by Crippen LogP contribution is 2.06. The second kappa shape index (κ2) is 6.73. The second-order valence-corrected chi connectivity index (χ2v) is 5.09. The van der Waals surface area contributed by atoms with Crippen LogP contribution in [0.4, 0.5) is 0 Å². The van der Waals surface area contributed by atoms with Gasteiger partial charge in [-0.2, -0.15) is 0 Å². The Morgan fingerprint density at radius 1 is 1.32 bits per heavy atom. The number of hydrogen-bond donors (Lipinski definition) is 0. The van der Waals surface area contributed by atoms with Crippen LogP contribution in [0.3, 0.4) is 0 Å². The quantitative estimate of drug-likeness (QED) is 0.792. The van der Waals surface area contributed by atoms with Crippen molar-refractivity contribution < 1.29 is 9.21 Å². The Hall–Kier alpha value is -1.33. The van der Waals surface area contributed by atoms with E-state index in [4.69, 9.17) is 4.42 Å². The van der Waals surface area contributed by atoms with E-state index < -0.39 is 0 Å². The highest BCUT2D eigenvalue weighted by atomic mass is 16.3. The summed E-state index contributed by atoms with van der Waals surface area (Å²) in [7, 11) is 1.84. The first-order valence-electron chi connectivity index (χ1n) is 6.88. The van der Waals surface area contributed by atoms with E-state index in [9.17, 15) is 4.79 Å². The predicted molar refractivity (Wildman–Crippen MR) is 73.7 cm³/mol. The molecule has 1 aliphatic heterocycles. The summed E-state index contributed by atoms with van der Waals surface area (Å²) in [4.78, 5) is 18.5. The molecule has 19 heavy (non-hydrogen) atoms. The number of carbonyl (C=O) groups is 1. The molecule has 5 nitrogen and oxygen atoms in total. The van der Waals surface area contributed by atoms with Crippen molar-refractivity contribution >= 4 is 5.91 Å². The molecule has 0 N–H and O–H groups in total. The summed E-state index contributed by atoms with van der Waals surface area (Å²) in [6.07, 6.45) is 3.32. The first-order chi connectivity index (χ1) is 9.19. The number of piperazine rings is 1. The molecule has 2 rings (SSSR count). The van der Waals surface area contributed by atoms with Gasteiger partial charge in [-0.15, -0.1) is 0 Å². The van der Waals surface area contributed by atoms with Crippen molar-refractivity contribution in [1.29, 1.82) is 0 Å². The molecule has 2 heterocycles. The Bertz CT molecular complexity index is 383. The van der Waals surface area contributed by atoms with Crippen molar-refractivity contribution in [3.63, 3.8) is 0 Å². The number of rotatable bonds is 5. The Morgan fingerprint density at radius 2 is 2.00 bits per heavy atom. The van der Waals surface area contributed by atoms with Crippen LogP contribution in [0.2, 0.25) is 0 Å². The molecule has 1 amide bonds. The largest absolute Gasteiger partial charge is 0.472 e. The van der Waals surface area contributed by atoms with Gasteiger partial charge in [0, 0.05) is 45.3 Å². The lowest BCUT2D eigenvalue weighted by Crippen LogP contribution is -2.49. The van der Waals surface area contributed by atoms with Gasteiger partial charge in [-0.05, 0) is 12.6 Å². The summed E-state index contributed by atoms with van der Waals surface area (Å²) in [5.41, 5.74) is 1.03. The van der Waals surface area contributed by atoms with Gasteiger partial charge in [-0.3, -0.25) is 9.69 Å². The van der Waals surface area contributed by atoms with Crippen LogP contribution in [0, 0.1) is 0 Å². The van der Waals surface area contributed by atoms with Gasteiger partial charge in [0.2, 0.25) is 5.91 Å². The standard InChI is InChI=1S/C14H23N3O2/c1-3-16-5-7-17(8-6-16)11-14(18)15(2)10-13-4-9-19-12-13/h4,9,12H,3,5-8,10-11H2,1-2H3. The number of hydrogen-bond acceptors (Lipinski definition) is 4. The normalized spacial score (nSPS) is 17.6. The molecule has 0 radical (unpaired) electrons. The number of likely N-dealkylation sites (N-methyl/N-ethyl adjacent to an activating group) is 2. The van der Waals surface area contributed by atoms with Crippen LogP contribution in [0.25, 0.3) is 0 Å². The molecule has 0 bridgehead atoms. The van der Waals surface area contributed by atoms with Crippen LogP contribution in [-0.2, 0) is 11.3 Å². The summed E-state index contributed by atoms with van der Waals surface area (Å²) < 4.78 is 5.02. The van der Waals surface area contributed by atoms with E-state index in [-0.39, 0.29) is 5.91 Å². The fourth-order valence-electron chi connectivity index (χ4n) is 2.32. The van der Waals surface area contributed by atoms with Crippen molar-refractivity contribution in [1.82, 2.24) is 14.7 Å². The van der Waals surface area contributed by atoms with Crippen molar-refractivity contribution in [3.05, 3.63) is 24.2 Å². The molecule has 1 fully saturated rings. The molecule has 0 aromatic carbocycles. The molecule has 0 aliphatic carbocycles. The van der Waals surface area contributed by atoms with E-state index >= 15 is 0 Å². The highest BCUT2D eigenvalue weighted by Gasteiger charge is 2.19. The van der Waals surface area contributed by atoms with E-state index in [1.54, 1.807) is 17.4 Å². The van der Waals surface area contributed by atoms with Crippen LogP contribution in [-0.4, -0.2) is 66.9 Å². The number of furan rings is 1. The number of carbonyl (C=O) groups excluding carboxylic acids is 1. The maximum atomic E-state index is 12.1. The van der Waals surface area contributed by atoms with E-state index in [2.05, 4.69) is 16.7 Å². The molecule has 0 saturated carbocycles. The molecule has 1 aromatic rings. The van der Waals surface area contributed by atoms with E-state index in [1.165, 1.54) is 0 Å². The molecular formula is C14H23N3O2. The summed E-state index contributed by atoms with van der Waals surface area (Å²) in [5, 5.41) is 0. The lowest BCUT2D eigenvalue weighted by Gasteiger charge is -2.34. The van der Waals surface area contributed by atoms with Crippen molar-refractivity contribution in [3.8, 4) is 0 Å². The van der Waals surface area contributed by atoms with Gasteiger partial charge in [0.05, 0.1) is 19.1 Å². The minimum atomic E-state index is 0.172. The van der Waals surface area contributed by atoms with Crippen LogP contribution < -0.4 is 0 Å². The molecule has 0 spiro atoms. The zero-order valence-corrected chi connectivity index (χ0v) is 11.8. The molecule has 106 valence electrons. The maximum Gasteiger partial charge on any atom is 0.236 e. The Kier molecular flexibility index (Phi) is 4.99. The number of amides is 1. The SMILES string of the molecule is CCN1CCN(CC(=O)N(C)Cc2ccoc2)CC1. The third kappa shape index (κ3) is 4.08. The van der Waals surface area contributed by atoms with Gasteiger partial charge in [0.1, 0.15) is 0 Å². The highest BCUT2D eigenvalue weighted by molar-refractivity contribution is 5.78. The molecule has 5 heteroatoms. The lowest BCUT2D eigenvalue weighted by molar-refractivity contribution is -0.132. The molecule has 0 unspecified atom stereocenters. The van der Waals surface area contributed by atoms with E-state index in [1.807, 2.05) is 13.1 Å². The molecule has 0 atom stereocenters. The lowest BCUT2D eigenvalue weighted by atomic mass is 10.3. The molecule has 1 aromatic heterocycles. The average molecular weight is 265 g/mol. The Morgan fingerprint density at radius 3 is 2.58 bits per heavy atom. The van der Waals surface area contributed by atoms with Gasteiger partial charge in [0.25, 0.3) is 0 Å². The van der Waals surface area contributed by atoms with Crippen LogP contribution in [0.15, 0.2) is 23.0 Å². The zero-order chi connectivity index (χ0) is 13.7. The summed E-state index contributed by atoms with van der Waals surface area (Å²) in [5.74, 6) is 0.172. The van der Waals surface area contributed by atoms with Gasteiger partial charge in [-0.25, -0.2) is 0 Å². The minimum absolute atomic E-state index is 0.172. The average Bonchev–Trinajstić information content (AvgIpc) is 2.92. The van der Waals surface area contributed by atoms with E-state index in [0.717, 1.165) is 38.3 Å². The van der Waals surface area contributed by atoms with Gasteiger partial charge in [-0.1, -0.05) is 6.92 Å². The summed E-state index contributed by atoms with van der Waals surface area (Å²) >= 11 is 0. The molecular weight excluding hydrogens is 242 g/mol. The maximum absolute atomic E-state index is 12.1. The monoisotopic (exact) mass is 265 g/mol. The molecule has 1 saturated heterocycles. The fraction of sp³-hybridized carbons (Fsp3) is 0.643. The first-order valence-corrected chi connectivity index (χ1v) is 6.88. The van der Waals surface area contributed by atoms with Gasteiger partial charge < -0.3 is 14.2 Å². The third-order valence-corrected chi connectivity index (χ3v) is 3.70. The number of nitrogens with zero attached hydrogens (tertiary/aromatic N) is 3. The first kappa shape index (κ1) is 14.1.